The largest absolute Gasteiger partial charge is 0.345 e. The molecule has 0 heterocycles. The Morgan fingerprint density at radius 1 is 1.11 bits per heavy atom. The monoisotopic (exact) mass is 410 g/mol. The van der Waals surface area contributed by atoms with E-state index < -0.39 is 15.9 Å². The van der Waals surface area contributed by atoms with Gasteiger partial charge in [-0.3, -0.25) is 4.79 Å². The summed E-state index contributed by atoms with van der Waals surface area (Å²) in [6.45, 7) is 3.85. The lowest BCUT2D eigenvalue weighted by Crippen LogP contribution is -2.33. The average molecular weight is 411 g/mol. The lowest BCUT2D eigenvalue weighted by atomic mass is 9.97. The molecule has 0 aliphatic heterocycles. The van der Waals surface area contributed by atoms with Gasteiger partial charge in [0.25, 0.3) is 0 Å². The molecular weight excluding hydrogens is 384 g/mol. The van der Waals surface area contributed by atoms with Crippen LogP contribution in [0.1, 0.15) is 43.0 Å². The van der Waals surface area contributed by atoms with Gasteiger partial charge in [0.2, 0.25) is 5.91 Å². The molecule has 3 N–H and O–H groups in total. The van der Waals surface area contributed by atoms with E-state index >= 15 is 0 Å². The number of benzene rings is 2. The third-order valence-electron chi connectivity index (χ3n) is 4.15. The minimum atomic E-state index is -3.33. The SMILES string of the molecule is CCc1ccc(C(NC(=O)CC(C)N)c2cccc(S(C)(=O)=O)c2)cc1.Cl. The van der Waals surface area contributed by atoms with E-state index in [0.717, 1.165) is 17.5 Å². The molecule has 0 aromatic heterocycles. The van der Waals surface area contributed by atoms with Gasteiger partial charge in [0, 0.05) is 18.7 Å². The number of amides is 1. The van der Waals surface area contributed by atoms with Crippen molar-refractivity contribution < 1.29 is 13.2 Å². The van der Waals surface area contributed by atoms with Crippen molar-refractivity contribution in [3.05, 3.63) is 65.2 Å². The van der Waals surface area contributed by atoms with Crippen LogP contribution in [0.25, 0.3) is 0 Å². The Kier molecular flexibility index (Phi) is 8.47. The molecule has 0 bridgehead atoms. The first kappa shape index (κ1) is 23.1. The Morgan fingerprint density at radius 2 is 1.74 bits per heavy atom. The summed E-state index contributed by atoms with van der Waals surface area (Å²) in [5.41, 5.74) is 8.53. The molecule has 1 amide bonds. The van der Waals surface area contributed by atoms with Crippen molar-refractivity contribution in [2.45, 2.75) is 43.7 Å². The molecule has 0 spiro atoms. The molecule has 0 aliphatic carbocycles. The van der Waals surface area contributed by atoms with Gasteiger partial charge in [0.15, 0.2) is 9.84 Å². The summed E-state index contributed by atoms with van der Waals surface area (Å²) in [5, 5.41) is 2.98. The molecule has 2 aromatic rings. The molecule has 0 saturated heterocycles. The molecule has 2 atom stereocenters. The molecule has 2 unspecified atom stereocenters. The molecule has 0 fully saturated rings. The minimum Gasteiger partial charge on any atom is -0.345 e. The predicted molar refractivity (Wildman–Crippen MR) is 111 cm³/mol. The van der Waals surface area contributed by atoms with E-state index in [9.17, 15) is 13.2 Å². The van der Waals surface area contributed by atoms with Crippen molar-refractivity contribution in [1.29, 1.82) is 0 Å². The molecule has 7 heteroatoms. The van der Waals surface area contributed by atoms with Crippen molar-refractivity contribution in [1.82, 2.24) is 5.32 Å². The highest BCUT2D eigenvalue weighted by Crippen LogP contribution is 2.25. The molecule has 2 aromatic carbocycles. The van der Waals surface area contributed by atoms with Gasteiger partial charge in [-0.2, -0.15) is 0 Å². The van der Waals surface area contributed by atoms with Gasteiger partial charge in [-0.05, 0) is 42.2 Å². The van der Waals surface area contributed by atoms with Crippen LogP contribution < -0.4 is 11.1 Å². The zero-order chi connectivity index (χ0) is 19.3. The molecule has 0 saturated carbocycles. The van der Waals surface area contributed by atoms with Crippen LogP contribution in [-0.2, 0) is 21.1 Å². The number of rotatable bonds is 7. The van der Waals surface area contributed by atoms with E-state index in [1.807, 2.05) is 30.3 Å². The summed E-state index contributed by atoms with van der Waals surface area (Å²) in [5.74, 6) is -0.172. The van der Waals surface area contributed by atoms with Crippen LogP contribution in [0.5, 0.6) is 0 Å². The molecule has 0 radical (unpaired) electrons. The second kappa shape index (κ2) is 9.88. The summed E-state index contributed by atoms with van der Waals surface area (Å²) in [7, 11) is -3.33. The van der Waals surface area contributed by atoms with Gasteiger partial charge in [-0.25, -0.2) is 8.42 Å². The van der Waals surface area contributed by atoms with Crippen molar-refractivity contribution in [2.24, 2.45) is 5.73 Å². The van der Waals surface area contributed by atoms with Gasteiger partial charge in [-0.15, -0.1) is 12.4 Å². The Morgan fingerprint density at radius 3 is 2.26 bits per heavy atom. The van der Waals surface area contributed by atoms with Crippen LogP contribution in [-0.4, -0.2) is 26.6 Å². The van der Waals surface area contributed by atoms with Crippen LogP contribution in [0.2, 0.25) is 0 Å². The third-order valence-corrected chi connectivity index (χ3v) is 5.26. The van der Waals surface area contributed by atoms with Crippen molar-refractivity contribution >= 4 is 28.2 Å². The number of hydrogen-bond donors (Lipinski definition) is 2. The van der Waals surface area contributed by atoms with Gasteiger partial charge in [0.1, 0.15) is 0 Å². The third kappa shape index (κ3) is 6.65. The Hall–Kier alpha value is -1.89. The number of sulfone groups is 1. The topological polar surface area (TPSA) is 89.3 Å². The van der Waals surface area contributed by atoms with Crippen molar-refractivity contribution in [3.63, 3.8) is 0 Å². The van der Waals surface area contributed by atoms with Crippen molar-refractivity contribution in [2.75, 3.05) is 6.26 Å². The quantitative estimate of drug-likeness (QED) is 0.734. The fourth-order valence-electron chi connectivity index (χ4n) is 2.74. The average Bonchev–Trinajstić information content (AvgIpc) is 2.58. The van der Waals surface area contributed by atoms with Gasteiger partial charge in [0.05, 0.1) is 10.9 Å². The maximum Gasteiger partial charge on any atom is 0.222 e. The Balaban J connectivity index is 0.00000364. The second-order valence-electron chi connectivity index (χ2n) is 6.62. The molecule has 27 heavy (non-hydrogen) atoms. The molecule has 148 valence electrons. The predicted octanol–water partition coefficient (Wildman–Crippen LogP) is 3.02. The summed E-state index contributed by atoms with van der Waals surface area (Å²) >= 11 is 0. The zero-order valence-electron chi connectivity index (χ0n) is 15.8. The van der Waals surface area contributed by atoms with Gasteiger partial charge >= 0.3 is 0 Å². The number of carbonyl (C=O) groups is 1. The first-order valence-corrected chi connectivity index (χ1v) is 10.5. The maximum atomic E-state index is 12.3. The number of nitrogens with two attached hydrogens (primary N) is 1. The number of halogens is 1. The summed E-state index contributed by atoms with van der Waals surface area (Å²) in [6.07, 6.45) is 2.30. The number of nitrogens with one attached hydrogen (secondary N) is 1. The summed E-state index contributed by atoms with van der Waals surface area (Å²) in [6, 6.07) is 13.9. The van der Waals surface area contributed by atoms with Crippen LogP contribution in [0, 0.1) is 0 Å². The first-order valence-electron chi connectivity index (χ1n) is 8.64. The van der Waals surface area contributed by atoms with Crippen LogP contribution in [0.4, 0.5) is 0 Å². The van der Waals surface area contributed by atoms with E-state index in [1.165, 1.54) is 11.8 Å². The van der Waals surface area contributed by atoms with E-state index in [1.54, 1.807) is 25.1 Å². The van der Waals surface area contributed by atoms with Gasteiger partial charge < -0.3 is 11.1 Å². The van der Waals surface area contributed by atoms with E-state index in [4.69, 9.17) is 5.73 Å². The first-order chi connectivity index (χ1) is 12.2. The van der Waals surface area contributed by atoms with Gasteiger partial charge in [-0.1, -0.05) is 43.3 Å². The van der Waals surface area contributed by atoms with E-state index in [2.05, 4.69) is 12.2 Å². The maximum absolute atomic E-state index is 12.3. The number of aryl methyl sites for hydroxylation is 1. The molecule has 0 aliphatic rings. The fourth-order valence-corrected chi connectivity index (χ4v) is 3.42. The summed E-state index contributed by atoms with van der Waals surface area (Å²) < 4.78 is 23.8. The molecule has 5 nitrogen and oxygen atoms in total. The fraction of sp³-hybridized carbons (Fsp3) is 0.350. The Labute approximate surface area is 167 Å². The van der Waals surface area contributed by atoms with E-state index in [0.29, 0.717) is 0 Å². The number of carbonyl (C=O) groups excluding carboxylic acids is 1. The van der Waals surface area contributed by atoms with Crippen molar-refractivity contribution in [3.8, 4) is 0 Å². The standard InChI is InChI=1S/C20H26N2O3S.ClH/c1-4-15-8-10-16(11-9-15)20(22-19(23)12-14(2)21)17-6-5-7-18(13-17)26(3,24)25;/h5-11,13-14,20H,4,12,21H2,1-3H3,(H,22,23);1H. The molecule has 2 rings (SSSR count). The highest BCUT2D eigenvalue weighted by Gasteiger charge is 2.19. The van der Waals surface area contributed by atoms with Crippen LogP contribution in [0.15, 0.2) is 53.4 Å². The smallest absolute Gasteiger partial charge is 0.222 e. The lowest BCUT2D eigenvalue weighted by Gasteiger charge is -2.21. The minimum absolute atomic E-state index is 0. The van der Waals surface area contributed by atoms with Crippen LogP contribution >= 0.6 is 12.4 Å². The molecular formula is C20H27ClN2O3S. The highest BCUT2D eigenvalue weighted by atomic mass is 35.5. The highest BCUT2D eigenvalue weighted by molar-refractivity contribution is 7.90. The Bertz CT molecular complexity index is 865. The van der Waals surface area contributed by atoms with E-state index in [-0.39, 0.29) is 35.7 Å². The summed E-state index contributed by atoms with van der Waals surface area (Å²) in [4.78, 5) is 12.5. The van der Waals surface area contributed by atoms with Crippen LogP contribution in [0.3, 0.4) is 0 Å². The lowest BCUT2D eigenvalue weighted by molar-refractivity contribution is -0.121. The number of hydrogen-bond acceptors (Lipinski definition) is 4. The zero-order valence-corrected chi connectivity index (χ0v) is 17.4. The normalized spacial score (nSPS) is 13.3. The second-order valence-corrected chi connectivity index (χ2v) is 8.64.